The lowest BCUT2D eigenvalue weighted by Crippen LogP contribution is -2.37. The molecule has 84 valence electrons. The van der Waals surface area contributed by atoms with Gasteiger partial charge in [-0.3, -0.25) is 0 Å². The molecule has 0 aliphatic heterocycles. The molecule has 1 fully saturated rings. The monoisotopic (exact) mass is 207 g/mol. The summed E-state index contributed by atoms with van der Waals surface area (Å²) in [7, 11) is 2.05. The van der Waals surface area contributed by atoms with Crippen molar-refractivity contribution in [2.45, 2.75) is 45.7 Å². The predicted molar refractivity (Wildman–Crippen MR) is 61.5 cm³/mol. The van der Waals surface area contributed by atoms with Crippen molar-refractivity contribution in [2.75, 3.05) is 0 Å². The molecule has 1 aromatic rings. The number of imidazole rings is 1. The minimum Gasteiger partial charge on any atom is -0.337 e. The van der Waals surface area contributed by atoms with Crippen LogP contribution in [0.2, 0.25) is 0 Å². The van der Waals surface area contributed by atoms with E-state index in [1.165, 1.54) is 19.3 Å². The highest BCUT2D eigenvalue weighted by Gasteiger charge is 2.33. The van der Waals surface area contributed by atoms with E-state index in [1.54, 1.807) is 0 Å². The molecule has 1 aromatic heterocycles. The van der Waals surface area contributed by atoms with Crippen LogP contribution in [0.15, 0.2) is 12.4 Å². The number of aromatic nitrogens is 2. The van der Waals surface area contributed by atoms with Gasteiger partial charge >= 0.3 is 0 Å². The average Bonchev–Trinajstić information content (AvgIpc) is 2.69. The number of hydrogen-bond acceptors (Lipinski definition) is 2. The van der Waals surface area contributed by atoms with Gasteiger partial charge in [0.05, 0.1) is 6.54 Å². The molecule has 15 heavy (non-hydrogen) atoms. The van der Waals surface area contributed by atoms with Gasteiger partial charge in [0.25, 0.3) is 0 Å². The van der Waals surface area contributed by atoms with Crippen molar-refractivity contribution in [1.29, 1.82) is 0 Å². The Bertz CT molecular complexity index is 327. The van der Waals surface area contributed by atoms with Gasteiger partial charge in [0.15, 0.2) is 0 Å². The molecule has 1 N–H and O–H groups in total. The van der Waals surface area contributed by atoms with Crippen LogP contribution < -0.4 is 5.32 Å². The van der Waals surface area contributed by atoms with Gasteiger partial charge in [-0.25, -0.2) is 4.98 Å². The van der Waals surface area contributed by atoms with Crippen LogP contribution in [0.25, 0.3) is 0 Å². The summed E-state index contributed by atoms with van der Waals surface area (Å²) in [4.78, 5) is 4.32. The Morgan fingerprint density at radius 1 is 1.60 bits per heavy atom. The van der Waals surface area contributed by atoms with Gasteiger partial charge in [-0.15, -0.1) is 0 Å². The van der Waals surface area contributed by atoms with Crippen molar-refractivity contribution in [3.05, 3.63) is 18.2 Å². The van der Waals surface area contributed by atoms with Crippen molar-refractivity contribution in [1.82, 2.24) is 14.9 Å². The van der Waals surface area contributed by atoms with Crippen LogP contribution in [0, 0.1) is 5.41 Å². The maximum absolute atomic E-state index is 4.32. The van der Waals surface area contributed by atoms with E-state index in [1.807, 2.05) is 19.4 Å². The van der Waals surface area contributed by atoms with Gasteiger partial charge in [-0.2, -0.15) is 0 Å². The molecule has 1 unspecified atom stereocenters. The highest BCUT2D eigenvalue weighted by atomic mass is 15.1. The summed E-state index contributed by atoms with van der Waals surface area (Å²) in [6.07, 6.45) is 7.85. The number of aryl methyl sites for hydroxylation is 1. The third-order valence-electron chi connectivity index (χ3n) is 3.68. The summed E-state index contributed by atoms with van der Waals surface area (Å²) in [5, 5.41) is 3.63. The maximum atomic E-state index is 4.32. The van der Waals surface area contributed by atoms with Gasteiger partial charge < -0.3 is 9.88 Å². The first-order chi connectivity index (χ1) is 7.09. The van der Waals surface area contributed by atoms with Crippen molar-refractivity contribution in [2.24, 2.45) is 12.5 Å². The summed E-state index contributed by atoms with van der Waals surface area (Å²) in [5.41, 5.74) is 0.450. The molecule has 3 heteroatoms. The van der Waals surface area contributed by atoms with Crippen molar-refractivity contribution >= 4 is 0 Å². The molecule has 0 aromatic carbocycles. The van der Waals surface area contributed by atoms with Crippen LogP contribution in [-0.2, 0) is 13.6 Å². The number of nitrogens with one attached hydrogen (secondary N) is 1. The second kappa shape index (κ2) is 3.97. The van der Waals surface area contributed by atoms with Crippen LogP contribution in [0.3, 0.4) is 0 Å². The fourth-order valence-electron chi connectivity index (χ4n) is 2.49. The quantitative estimate of drug-likeness (QED) is 0.822. The molecule has 1 heterocycles. The summed E-state index contributed by atoms with van der Waals surface area (Å²) in [6, 6.07) is 0.647. The zero-order valence-corrected chi connectivity index (χ0v) is 9.95. The molecule has 1 aliphatic carbocycles. The topological polar surface area (TPSA) is 29.9 Å². The number of nitrogens with zero attached hydrogens (tertiary/aromatic N) is 2. The van der Waals surface area contributed by atoms with E-state index in [0.717, 1.165) is 12.4 Å². The number of rotatable bonds is 3. The van der Waals surface area contributed by atoms with E-state index in [2.05, 4.69) is 28.7 Å². The molecule has 1 aliphatic rings. The van der Waals surface area contributed by atoms with Crippen molar-refractivity contribution < 1.29 is 0 Å². The second-order valence-corrected chi connectivity index (χ2v) is 5.27. The Hall–Kier alpha value is -0.830. The van der Waals surface area contributed by atoms with Crippen molar-refractivity contribution in [3.63, 3.8) is 0 Å². The molecular weight excluding hydrogens is 186 g/mol. The average molecular weight is 207 g/mol. The van der Waals surface area contributed by atoms with E-state index in [0.29, 0.717) is 11.5 Å². The van der Waals surface area contributed by atoms with Crippen LogP contribution in [0.4, 0.5) is 0 Å². The van der Waals surface area contributed by atoms with Crippen molar-refractivity contribution in [3.8, 4) is 0 Å². The summed E-state index contributed by atoms with van der Waals surface area (Å²) in [5.74, 6) is 1.12. The van der Waals surface area contributed by atoms with E-state index in [-0.39, 0.29) is 0 Å². The third-order valence-corrected chi connectivity index (χ3v) is 3.68. The van der Waals surface area contributed by atoms with Gasteiger partial charge in [-0.05, 0) is 18.3 Å². The molecule has 1 saturated carbocycles. The highest BCUT2D eigenvalue weighted by molar-refractivity contribution is 4.95. The van der Waals surface area contributed by atoms with Crippen LogP contribution in [0.1, 0.15) is 38.9 Å². The first-order valence-electron chi connectivity index (χ1n) is 5.79. The Morgan fingerprint density at radius 3 is 2.93 bits per heavy atom. The molecule has 0 amide bonds. The Kier molecular flexibility index (Phi) is 2.83. The normalized spacial score (nSPS) is 24.6. The zero-order chi connectivity index (χ0) is 10.9. The minimum atomic E-state index is 0.450. The van der Waals surface area contributed by atoms with Gasteiger partial charge in [0.2, 0.25) is 0 Å². The largest absolute Gasteiger partial charge is 0.337 e. The second-order valence-electron chi connectivity index (χ2n) is 5.27. The Labute approximate surface area is 91.9 Å². The lowest BCUT2D eigenvalue weighted by molar-refractivity contribution is 0.280. The summed E-state index contributed by atoms with van der Waals surface area (Å²) in [6.45, 7) is 5.60. The van der Waals surface area contributed by atoms with Crippen LogP contribution >= 0.6 is 0 Å². The van der Waals surface area contributed by atoms with Gasteiger partial charge in [0.1, 0.15) is 5.82 Å². The maximum Gasteiger partial charge on any atom is 0.122 e. The van der Waals surface area contributed by atoms with Crippen LogP contribution in [-0.4, -0.2) is 15.6 Å². The van der Waals surface area contributed by atoms with E-state index in [9.17, 15) is 0 Å². The minimum absolute atomic E-state index is 0.450. The van der Waals surface area contributed by atoms with E-state index in [4.69, 9.17) is 0 Å². The van der Waals surface area contributed by atoms with E-state index < -0.39 is 0 Å². The SMILES string of the molecule is Cn1ccnc1CNC1CCCC1(C)C. The van der Waals surface area contributed by atoms with Gasteiger partial charge in [0, 0.05) is 25.5 Å². The summed E-state index contributed by atoms with van der Waals surface area (Å²) < 4.78 is 2.08. The molecular formula is C12H21N3. The first kappa shape index (κ1) is 10.7. The first-order valence-corrected chi connectivity index (χ1v) is 5.79. The third kappa shape index (κ3) is 2.23. The fraction of sp³-hybridized carbons (Fsp3) is 0.750. The summed E-state index contributed by atoms with van der Waals surface area (Å²) >= 11 is 0. The molecule has 0 radical (unpaired) electrons. The standard InChI is InChI=1S/C12H21N3/c1-12(2)6-4-5-10(12)14-9-11-13-7-8-15(11)3/h7-8,10,14H,4-6,9H2,1-3H3. The lowest BCUT2D eigenvalue weighted by Gasteiger charge is -2.27. The number of hydrogen-bond donors (Lipinski definition) is 1. The Morgan fingerprint density at radius 2 is 2.40 bits per heavy atom. The van der Waals surface area contributed by atoms with Gasteiger partial charge in [-0.1, -0.05) is 20.3 Å². The highest BCUT2D eigenvalue weighted by Crippen LogP contribution is 2.37. The predicted octanol–water partition coefficient (Wildman–Crippen LogP) is 2.09. The van der Waals surface area contributed by atoms with E-state index >= 15 is 0 Å². The molecule has 0 bridgehead atoms. The molecule has 3 nitrogen and oxygen atoms in total. The molecule has 1 atom stereocenters. The lowest BCUT2D eigenvalue weighted by atomic mass is 9.87. The molecule has 2 rings (SSSR count). The smallest absolute Gasteiger partial charge is 0.122 e. The fourth-order valence-corrected chi connectivity index (χ4v) is 2.49. The van der Waals surface area contributed by atoms with Crippen LogP contribution in [0.5, 0.6) is 0 Å². The Balaban J connectivity index is 1.91. The zero-order valence-electron chi connectivity index (χ0n) is 9.95. The molecule has 0 spiro atoms. The molecule has 0 saturated heterocycles.